The second-order valence-electron chi connectivity index (χ2n) is 2.08. The van der Waals surface area contributed by atoms with E-state index in [0.29, 0.717) is 12.8 Å². The van der Waals surface area contributed by atoms with Crippen molar-refractivity contribution in [2.75, 3.05) is 0 Å². The maximum Gasteiger partial charge on any atom is 0.303 e. The Bertz CT molecular complexity index is 128. The average molecular weight is 196 g/mol. The summed E-state index contributed by atoms with van der Waals surface area (Å²) in [6.07, 6.45) is 1.02. The van der Waals surface area contributed by atoms with Crippen LogP contribution in [0.5, 0.6) is 0 Å². The Balaban J connectivity index is 0. The van der Waals surface area contributed by atoms with Gasteiger partial charge in [0.2, 0.25) is 0 Å². The molecule has 0 aromatic heterocycles. The quantitative estimate of drug-likeness (QED) is 0.289. The van der Waals surface area contributed by atoms with Gasteiger partial charge in [-0.1, -0.05) is 5.04 Å². The number of unbranched alkanes of at least 4 members (excludes halogenated alkanes) is 1. The molecule has 0 saturated heterocycles. The van der Waals surface area contributed by atoms with Gasteiger partial charge < -0.3 is 10.2 Å². The fraction of sp³-hybridized carbons (Fsp3) is 0.667. The van der Waals surface area contributed by atoms with Crippen molar-refractivity contribution < 1.29 is 35.4 Å². The SMILES string of the molecule is O=C(O)CCCCC(=O)O.OOO. The highest BCUT2D eigenvalue weighted by Gasteiger charge is 1.99. The lowest BCUT2D eigenvalue weighted by molar-refractivity contribution is -0.465. The fourth-order valence-electron chi connectivity index (χ4n) is 0.552. The highest BCUT2D eigenvalue weighted by atomic mass is 17.4. The number of hydrogen-bond acceptors (Lipinski definition) is 5. The first-order valence-corrected chi connectivity index (χ1v) is 3.43. The summed E-state index contributed by atoms with van der Waals surface area (Å²) in [7, 11) is 0. The van der Waals surface area contributed by atoms with Crippen LogP contribution < -0.4 is 0 Å². The third-order valence-electron chi connectivity index (χ3n) is 1.03. The van der Waals surface area contributed by atoms with Gasteiger partial charge in [0.05, 0.1) is 0 Å². The Hall–Kier alpha value is -1.18. The van der Waals surface area contributed by atoms with Crippen LogP contribution in [0, 0.1) is 0 Å². The third kappa shape index (κ3) is 24.8. The van der Waals surface area contributed by atoms with Crippen LogP contribution in [-0.2, 0) is 14.6 Å². The summed E-state index contributed by atoms with van der Waals surface area (Å²) in [5, 5.41) is 31.8. The number of carboxylic acid groups (broad SMARTS) is 2. The first kappa shape index (κ1) is 14.3. The molecular formula is C6H12O7. The topological polar surface area (TPSA) is 124 Å². The molecule has 0 rings (SSSR count). The monoisotopic (exact) mass is 196 g/mol. The summed E-state index contributed by atoms with van der Waals surface area (Å²) in [5.41, 5.74) is 0. The van der Waals surface area contributed by atoms with E-state index in [-0.39, 0.29) is 12.8 Å². The van der Waals surface area contributed by atoms with Crippen LogP contribution in [0.25, 0.3) is 0 Å². The second-order valence-corrected chi connectivity index (χ2v) is 2.08. The zero-order valence-electron chi connectivity index (χ0n) is 6.84. The largest absolute Gasteiger partial charge is 0.481 e. The van der Waals surface area contributed by atoms with E-state index in [9.17, 15) is 9.59 Å². The van der Waals surface area contributed by atoms with E-state index < -0.39 is 11.9 Å². The molecule has 0 aliphatic carbocycles. The summed E-state index contributed by atoms with van der Waals surface area (Å²) >= 11 is 0. The van der Waals surface area contributed by atoms with Crippen molar-refractivity contribution in [2.24, 2.45) is 0 Å². The highest BCUT2D eigenvalue weighted by Crippen LogP contribution is 1.98. The maximum atomic E-state index is 9.90. The van der Waals surface area contributed by atoms with Crippen LogP contribution in [0.2, 0.25) is 0 Å². The molecule has 78 valence electrons. The molecule has 0 heterocycles. The zero-order chi connectivity index (χ0) is 10.7. The van der Waals surface area contributed by atoms with Crippen molar-refractivity contribution in [3.05, 3.63) is 0 Å². The van der Waals surface area contributed by atoms with E-state index in [1.165, 1.54) is 0 Å². The normalized spacial score (nSPS) is 8.46. The lowest BCUT2D eigenvalue weighted by Crippen LogP contribution is -1.97. The summed E-state index contributed by atoms with van der Waals surface area (Å²) in [4.78, 5) is 19.8. The number of rotatable bonds is 5. The summed E-state index contributed by atoms with van der Waals surface area (Å²) < 4.78 is 0. The molecule has 7 nitrogen and oxygen atoms in total. The molecule has 0 radical (unpaired) electrons. The Labute approximate surface area is 74.0 Å². The van der Waals surface area contributed by atoms with Crippen molar-refractivity contribution in [1.82, 2.24) is 0 Å². The molecule has 0 unspecified atom stereocenters. The third-order valence-corrected chi connectivity index (χ3v) is 1.03. The minimum absolute atomic E-state index is 0.0628. The lowest BCUT2D eigenvalue weighted by Gasteiger charge is -1.92. The molecule has 0 bridgehead atoms. The predicted octanol–water partition coefficient (Wildman–Crippen LogP) is 0.665. The Morgan fingerprint density at radius 3 is 1.31 bits per heavy atom. The van der Waals surface area contributed by atoms with Gasteiger partial charge in [0.1, 0.15) is 0 Å². The van der Waals surface area contributed by atoms with Crippen LogP contribution in [0.4, 0.5) is 0 Å². The molecule has 0 aromatic carbocycles. The van der Waals surface area contributed by atoms with Crippen LogP contribution >= 0.6 is 0 Å². The van der Waals surface area contributed by atoms with E-state index in [1.54, 1.807) is 0 Å². The minimum Gasteiger partial charge on any atom is -0.481 e. The van der Waals surface area contributed by atoms with E-state index in [4.69, 9.17) is 20.7 Å². The highest BCUT2D eigenvalue weighted by molar-refractivity contribution is 5.67. The molecule has 0 saturated carbocycles. The standard InChI is InChI=1S/C6H10O4.H2O3/c7-5(8)3-1-2-4-6(9)10;1-3-2/h1-4H2,(H,7,8)(H,9,10);1-2H. The number of carboxylic acids is 2. The molecule has 0 fully saturated rings. The zero-order valence-corrected chi connectivity index (χ0v) is 6.84. The minimum atomic E-state index is -0.870. The number of aliphatic carboxylic acids is 2. The van der Waals surface area contributed by atoms with Crippen LogP contribution in [0.1, 0.15) is 25.7 Å². The van der Waals surface area contributed by atoms with Crippen molar-refractivity contribution >= 4 is 11.9 Å². The second kappa shape index (κ2) is 10.8. The van der Waals surface area contributed by atoms with Crippen LogP contribution in [-0.4, -0.2) is 32.7 Å². The van der Waals surface area contributed by atoms with Crippen molar-refractivity contribution in [1.29, 1.82) is 0 Å². The van der Waals surface area contributed by atoms with Gasteiger partial charge in [-0.15, -0.1) is 0 Å². The van der Waals surface area contributed by atoms with E-state index in [0.717, 1.165) is 0 Å². The van der Waals surface area contributed by atoms with Gasteiger partial charge in [0, 0.05) is 12.8 Å². The van der Waals surface area contributed by atoms with Crippen LogP contribution in [0.15, 0.2) is 0 Å². The molecule has 0 spiro atoms. The lowest BCUT2D eigenvalue weighted by atomic mass is 10.2. The average Bonchev–Trinajstić information content (AvgIpc) is 1.99. The molecular weight excluding hydrogens is 184 g/mol. The molecule has 0 aliphatic rings. The van der Waals surface area contributed by atoms with Gasteiger partial charge in [-0.05, 0) is 12.8 Å². The summed E-state index contributed by atoms with van der Waals surface area (Å²) in [5.74, 6) is -1.74. The smallest absolute Gasteiger partial charge is 0.303 e. The van der Waals surface area contributed by atoms with Gasteiger partial charge in [-0.25, -0.2) is 10.5 Å². The maximum absolute atomic E-state index is 9.90. The molecule has 0 amide bonds. The molecule has 4 N–H and O–H groups in total. The van der Waals surface area contributed by atoms with Gasteiger partial charge in [0.25, 0.3) is 0 Å². The van der Waals surface area contributed by atoms with E-state index in [2.05, 4.69) is 5.04 Å². The number of carbonyl (C=O) groups is 2. The van der Waals surface area contributed by atoms with Crippen molar-refractivity contribution in [3.8, 4) is 0 Å². The summed E-state index contributed by atoms with van der Waals surface area (Å²) in [6, 6.07) is 0. The van der Waals surface area contributed by atoms with Gasteiger partial charge in [-0.2, -0.15) is 0 Å². The molecule has 13 heavy (non-hydrogen) atoms. The predicted molar refractivity (Wildman–Crippen MR) is 40.1 cm³/mol. The van der Waals surface area contributed by atoms with Gasteiger partial charge in [-0.3, -0.25) is 9.59 Å². The fourth-order valence-corrected chi connectivity index (χ4v) is 0.552. The van der Waals surface area contributed by atoms with Gasteiger partial charge >= 0.3 is 11.9 Å². The molecule has 0 aliphatic heterocycles. The van der Waals surface area contributed by atoms with Crippen LogP contribution in [0.3, 0.4) is 0 Å². The Morgan fingerprint density at radius 2 is 1.15 bits per heavy atom. The van der Waals surface area contributed by atoms with Gasteiger partial charge in [0.15, 0.2) is 0 Å². The van der Waals surface area contributed by atoms with Crippen molar-refractivity contribution in [2.45, 2.75) is 25.7 Å². The Kier molecular flexibility index (Phi) is 11.9. The molecule has 0 atom stereocenters. The molecule has 7 heteroatoms. The molecule has 0 aromatic rings. The van der Waals surface area contributed by atoms with Crippen molar-refractivity contribution in [3.63, 3.8) is 0 Å². The van der Waals surface area contributed by atoms with E-state index in [1.807, 2.05) is 0 Å². The summed E-state index contributed by atoms with van der Waals surface area (Å²) in [6.45, 7) is 0. The Morgan fingerprint density at radius 1 is 0.923 bits per heavy atom. The van der Waals surface area contributed by atoms with E-state index >= 15 is 0 Å². The first-order chi connectivity index (χ1) is 6.04. The number of hydrogen-bond donors (Lipinski definition) is 4. The first-order valence-electron chi connectivity index (χ1n) is 3.43.